The summed E-state index contributed by atoms with van der Waals surface area (Å²) in [5.74, 6) is 1.64. The second-order valence-electron chi connectivity index (χ2n) is 3.63. The zero-order valence-electron chi connectivity index (χ0n) is 10.1. The summed E-state index contributed by atoms with van der Waals surface area (Å²) in [6.07, 6.45) is 3.24. The van der Waals surface area contributed by atoms with E-state index in [1.54, 1.807) is 12.4 Å². The maximum absolute atomic E-state index is 5.79. The number of anilines is 2. The van der Waals surface area contributed by atoms with Crippen molar-refractivity contribution in [3.63, 3.8) is 0 Å². The van der Waals surface area contributed by atoms with Gasteiger partial charge in [-0.2, -0.15) is 4.98 Å². The van der Waals surface area contributed by atoms with Gasteiger partial charge in [0.2, 0.25) is 5.88 Å². The van der Waals surface area contributed by atoms with Gasteiger partial charge >= 0.3 is 0 Å². The van der Waals surface area contributed by atoms with E-state index in [4.69, 9.17) is 16.3 Å². The molecule has 0 radical (unpaired) electrons. The average molecular weight is 264 g/mol. The third-order valence-corrected chi connectivity index (χ3v) is 2.57. The highest BCUT2D eigenvalue weighted by Crippen LogP contribution is 2.18. The zero-order chi connectivity index (χ0) is 12.8. The third-order valence-electron chi connectivity index (χ3n) is 2.26. The standard InChI is InChI=1S/C13H14ClN3O/c1-2-18-13-9-15-8-12(17-13)16-11-5-3-4-10(6-11)7-14/h3-6,8-9H,2,7H2,1H3,(H,16,17). The minimum absolute atomic E-state index is 0.486. The van der Waals surface area contributed by atoms with Gasteiger partial charge in [0.1, 0.15) is 0 Å². The number of ether oxygens (including phenoxy) is 1. The number of benzene rings is 1. The Labute approximate surface area is 111 Å². The van der Waals surface area contributed by atoms with Crippen molar-refractivity contribution in [3.05, 3.63) is 42.2 Å². The van der Waals surface area contributed by atoms with Crippen LogP contribution in [0.2, 0.25) is 0 Å². The molecule has 1 aromatic heterocycles. The summed E-state index contributed by atoms with van der Waals surface area (Å²) in [5, 5.41) is 3.17. The molecule has 0 saturated carbocycles. The number of alkyl halides is 1. The van der Waals surface area contributed by atoms with Crippen molar-refractivity contribution in [1.29, 1.82) is 0 Å². The van der Waals surface area contributed by atoms with Crippen LogP contribution in [0.3, 0.4) is 0 Å². The fourth-order valence-corrected chi connectivity index (χ4v) is 1.67. The van der Waals surface area contributed by atoms with Gasteiger partial charge in [-0.25, -0.2) is 0 Å². The van der Waals surface area contributed by atoms with Crippen molar-refractivity contribution in [1.82, 2.24) is 9.97 Å². The van der Waals surface area contributed by atoms with Gasteiger partial charge in [-0.3, -0.25) is 4.98 Å². The van der Waals surface area contributed by atoms with Crippen LogP contribution in [0.25, 0.3) is 0 Å². The molecular formula is C13H14ClN3O. The van der Waals surface area contributed by atoms with Gasteiger partial charge in [0.05, 0.1) is 19.0 Å². The fraction of sp³-hybridized carbons (Fsp3) is 0.231. The second-order valence-corrected chi connectivity index (χ2v) is 3.90. The number of rotatable bonds is 5. The van der Waals surface area contributed by atoms with Crippen LogP contribution in [0, 0.1) is 0 Å². The Hall–Kier alpha value is -1.81. The third kappa shape index (κ3) is 3.34. The van der Waals surface area contributed by atoms with E-state index in [9.17, 15) is 0 Å². The lowest BCUT2D eigenvalue weighted by Crippen LogP contribution is -1.99. The molecule has 2 aromatic rings. The van der Waals surface area contributed by atoms with Crippen LogP contribution < -0.4 is 10.1 Å². The van der Waals surface area contributed by atoms with E-state index < -0.39 is 0 Å². The summed E-state index contributed by atoms with van der Waals surface area (Å²) >= 11 is 5.79. The molecule has 2 rings (SSSR count). The number of nitrogens with zero attached hydrogens (tertiary/aromatic N) is 2. The summed E-state index contributed by atoms with van der Waals surface area (Å²) in [4.78, 5) is 8.35. The molecular weight excluding hydrogens is 250 g/mol. The van der Waals surface area contributed by atoms with Gasteiger partial charge in [0, 0.05) is 11.6 Å². The van der Waals surface area contributed by atoms with Crippen molar-refractivity contribution in [2.75, 3.05) is 11.9 Å². The lowest BCUT2D eigenvalue weighted by Gasteiger charge is -2.08. The van der Waals surface area contributed by atoms with Crippen molar-refractivity contribution >= 4 is 23.1 Å². The largest absolute Gasteiger partial charge is 0.477 e. The van der Waals surface area contributed by atoms with Gasteiger partial charge < -0.3 is 10.1 Å². The fourth-order valence-electron chi connectivity index (χ4n) is 1.51. The Bertz CT molecular complexity index is 519. The van der Waals surface area contributed by atoms with E-state index in [0.29, 0.717) is 24.2 Å². The lowest BCUT2D eigenvalue weighted by molar-refractivity contribution is 0.326. The SMILES string of the molecule is CCOc1cncc(Nc2cccc(CCl)c2)n1. The highest BCUT2D eigenvalue weighted by Gasteiger charge is 2.00. The van der Waals surface area contributed by atoms with Crippen molar-refractivity contribution < 1.29 is 4.74 Å². The Morgan fingerprint density at radius 3 is 3.00 bits per heavy atom. The van der Waals surface area contributed by atoms with Crippen LogP contribution in [0.1, 0.15) is 12.5 Å². The molecule has 5 heteroatoms. The van der Waals surface area contributed by atoms with Crippen LogP contribution in [0.5, 0.6) is 5.88 Å². The molecule has 18 heavy (non-hydrogen) atoms. The lowest BCUT2D eigenvalue weighted by atomic mass is 10.2. The molecule has 4 nitrogen and oxygen atoms in total. The topological polar surface area (TPSA) is 47.0 Å². The maximum atomic E-state index is 5.79. The molecule has 1 heterocycles. The van der Waals surface area contributed by atoms with Crippen LogP contribution in [0.4, 0.5) is 11.5 Å². The second kappa shape index (κ2) is 6.21. The Morgan fingerprint density at radius 1 is 1.33 bits per heavy atom. The first-order valence-electron chi connectivity index (χ1n) is 5.68. The average Bonchev–Trinajstić information content (AvgIpc) is 2.40. The van der Waals surface area contributed by atoms with Crippen LogP contribution in [-0.2, 0) is 5.88 Å². The molecule has 0 fully saturated rings. The molecule has 0 spiro atoms. The molecule has 0 amide bonds. The first-order chi connectivity index (χ1) is 8.81. The van der Waals surface area contributed by atoms with E-state index >= 15 is 0 Å². The molecule has 0 aliphatic carbocycles. The van der Waals surface area contributed by atoms with Crippen molar-refractivity contribution in [2.24, 2.45) is 0 Å². The number of aromatic nitrogens is 2. The summed E-state index contributed by atoms with van der Waals surface area (Å²) < 4.78 is 5.29. The van der Waals surface area contributed by atoms with E-state index in [2.05, 4.69) is 15.3 Å². The molecule has 1 aromatic carbocycles. The minimum atomic E-state index is 0.486. The van der Waals surface area contributed by atoms with E-state index in [0.717, 1.165) is 11.3 Å². The summed E-state index contributed by atoms with van der Waals surface area (Å²) in [6, 6.07) is 7.84. The van der Waals surface area contributed by atoms with E-state index in [-0.39, 0.29) is 0 Å². The number of halogens is 1. The highest BCUT2D eigenvalue weighted by molar-refractivity contribution is 6.17. The normalized spacial score (nSPS) is 10.1. The van der Waals surface area contributed by atoms with E-state index in [1.807, 2.05) is 31.2 Å². The molecule has 0 aliphatic heterocycles. The van der Waals surface area contributed by atoms with E-state index in [1.165, 1.54) is 0 Å². The maximum Gasteiger partial charge on any atom is 0.234 e. The summed E-state index contributed by atoms with van der Waals surface area (Å²) in [6.45, 7) is 2.48. The molecule has 0 saturated heterocycles. The number of nitrogens with one attached hydrogen (secondary N) is 1. The van der Waals surface area contributed by atoms with Gasteiger partial charge in [-0.05, 0) is 24.6 Å². The monoisotopic (exact) mass is 263 g/mol. The summed E-state index contributed by atoms with van der Waals surface area (Å²) in [7, 11) is 0. The predicted octanol–water partition coefficient (Wildman–Crippen LogP) is 3.36. The van der Waals surface area contributed by atoms with Gasteiger partial charge in [0.15, 0.2) is 5.82 Å². The van der Waals surface area contributed by atoms with Gasteiger partial charge in [0.25, 0.3) is 0 Å². The Kier molecular flexibility index (Phi) is 4.36. The smallest absolute Gasteiger partial charge is 0.234 e. The highest BCUT2D eigenvalue weighted by atomic mass is 35.5. The molecule has 0 atom stereocenters. The molecule has 94 valence electrons. The van der Waals surface area contributed by atoms with Crippen molar-refractivity contribution in [2.45, 2.75) is 12.8 Å². The van der Waals surface area contributed by atoms with Crippen LogP contribution >= 0.6 is 11.6 Å². The van der Waals surface area contributed by atoms with Crippen molar-refractivity contribution in [3.8, 4) is 5.88 Å². The first-order valence-corrected chi connectivity index (χ1v) is 6.22. The Morgan fingerprint density at radius 2 is 2.22 bits per heavy atom. The summed E-state index contributed by atoms with van der Waals surface area (Å²) in [5.41, 5.74) is 1.98. The number of hydrogen-bond donors (Lipinski definition) is 1. The van der Waals surface area contributed by atoms with Crippen LogP contribution in [0.15, 0.2) is 36.7 Å². The molecule has 1 N–H and O–H groups in total. The van der Waals surface area contributed by atoms with Gasteiger partial charge in [-0.15, -0.1) is 11.6 Å². The Balaban J connectivity index is 2.14. The first kappa shape index (κ1) is 12.6. The van der Waals surface area contributed by atoms with Gasteiger partial charge in [-0.1, -0.05) is 12.1 Å². The quantitative estimate of drug-likeness (QED) is 0.841. The van der Waals surface area contributed by atoms with Crippen LogP contribution in [-0.4, -0.2) is 16.6 Å². The minimum Gasteiger partial charge on any atom is -0.477 e. The predicted molar refractivity (Wildman–Crippen MR) is 72.5 cm³/mol. The molecule has 0 aliphatic rings. The molecule has 0 unspecified atom stereocenters. The molecule has 0 bridgehead atoms. The zero-order valence-corrected chi connectivity index (χ0v) is 10.8. The number of hydrogen-bond acceptors (Lipinski definition) is 4.